The van der Waals surface area contributed by atoms with Crippen LogP contribution in [0.3, 0.4) is 0 Å². The number of anilines is 1. The summed E-state index contributed by atoms with van der Waals surface area (Å²) in [6, 6.07) is 25.1. The number of amides is 3. The molecule has 2 heterocycles. The largest absolute Gasteiger partial charge is 0.349 e. The van der Waals surface area contributed by atoms with E-state index in [1.54, 1.807) is 36.4 Å². The number of likely N-dealkylation sites (tertiary alicyclic amines) is 1. The van der Waals surface area contributed by atoms with Crippen LogP contribution >= 0.6 is 0 Å². The fraction of sp³-hybridized carbons (Fsp3) is 0.250. The fourth-order valence-electron chi connectivity index (χ4n) is 4.66. The number of rotatable bonds is 6. The normalized spacial score (nSPS) is 19.2. The van der Waals surface area contributed by atoms with Crippen LogP contribution in [0.2, 0.25) is 0 Å². The number of imide groups is 1. The van der Waals surface area contributed by atoms with Gasteiger partial charge in [-0.3, -0.25) is 19.3 Å². The zero-order chi connectivity index (χ0) is 24.9. The number of nitrogens with zero attached hydrogens (tertiary/aromatic N) is 4. The Balaban J connectivity index is 1.17. The molecule has 0 spiro atoms. The summed E-state index contributed by atoms with van der Waals surface area (Å²) in [5.74, 6) is -0.493. The number of carbonyl (C=O) groups is 3. The van der Waals surface area contributed by atoms with Gasteiger partial charge in [-0.2, -0.15) is 10.2 Å². The smallest absolute Gasteiger partial charge is 0.251 e. The summed E-state index contributed by atoms with van der Waals surface area (Å²) >= 11 is 0. The van der Waals surface area contributed by atoms with Crippen LogP contribution in [0.4, 0.5) is 17.1 Å². The Morgan fingerprint density at radius 2 is 1.36 bits per heavy atom. The molecule has 2 saturated heterocycles. The number of hydrogen-bond acceptors (Lipinski definition) is 6. The summed E-state index contributed by atoms with van der Waals surface area (Å²) in [6.45, 7) is 1.30. The quantitative estimate of drug-likeness (QED) is 0.410. The van der Waals surface area contributed by atoms with Crippen molar-refractivity contribution in [2.24, 2.45) is 10.2 Å². The van der Waals surface area contributed by atoms with Gasteiger partial charge in [0.15, 0.2) is 0 Å². The van der Waals surface area contributed by atoms with Crippen LogP contribution in [0.1, 0.15) is 29.6 Å². The van der Waals surface area contributed by atoms with E-state index in [4.69, 9.17) is 0 Å². The van der Waals surface area contributed by atoms with Crippen LogP contribution in [-0.2, 0) is 9.59 Å². The van der Waals surface area contributed by atoms with Gasteiger partial charge in [0.1, 0.15) is 0 Å². The fourth-order valence-corrected chi connectivity index (χ4v) is 4.66. The van der Waals surface area contributed by atoms with E-state index in [1.807, 2.05) is 48.5 Å². The summed E-state index contributed by atoms with van der Waals surface area (Å²) in [6.07, 6.45) is 1.63. The third-order valence-electron chi connectivity index (χ3n) is 6.61. The molecule has 2 aliphatic heterocycles. The van der Waals surface area contributed by atoms with E-state index < -0.39 is 6.04 Å². The lowest BCUT2D eigenvalue weighted by Gasteiger charge is -2.35. The van der Waals surface area contributed by atoms with Crippen molar-refractivity contribution in [3.8, 4) is 0 Å². The monoisotopic (exact) mass is 481 g/mol. The molecule has 3 aromatic carbocycles. The lowest BCUT2D eigenvalue weighted by atomic mass is 10.0. The molecule has 0 bridgehead atoms. The molecule has 3 amide bonds. The van der Waals surface area contributed by atoms with E-state index in [9.17, 15) is 14.4 Å². The van der Waals surface area contributed by atoms with Crippen molar-refractivity contribution in [1.29, 1.82) is 0 Å². The van der Waals surface area contributed by atoms with Gasteiger partial charge >= 0.3 is 0 Å². The van der Waals surface area contributed by atoms with Gasteiger partial charge < -0.3 is 5.32 Å². The van der Waals surface area contributed by atoms with Crippen molar-refractivity contribution < 1.29 is 14.4 Å². The molecular weight excluding hydrogens is 454 g/mol. The number of piperidine rings is 1. The van der Waals surface area contributed by atoms with Crippen LogP contribution in [0.25, 0.3) is 0 Å². The molecule has 1 atom stereocenters. The van der Waals surface area contributed by atoms with E-state index in [-0.39, 0.29) is 30.2 Å². The number of benzene rings is 3. The van der Waals surface area contributed by atoms with Crippen LogP contribution in [-0.4, -0.2) is 47.8 Å². The molecule has 2 fully saturated rings. The first-order valence-electron chi connectivity index (χ1n) is 12.1. The van der Waals surface area contributed by atoms with Gasteiger partial charge in [0, 0.05) is 24.7 Å². The van der Waals surface area contributed by atoms with Crippen molar-refractivity contribution in [3.05, 3.63) is 90.5 Å². The third-order valence-corrected chi connectivity index (χ3v) is 6.61. The second kappa shape index (κ2) is 10.6. The molecule has 36 heavy (non-hydrogen) atoms. The Morgan fingerprint density at radius 1 is 0.778 bits per heavy atom. The van der Waals surface area contributed by atoms with E-state index >= 15 is 0 Å². The first-order valence-corrected chi connectivity index (χ1v) is 12.1. The molecule has 0 aliphatic carbocycles. The highest BCUT2D eigenvalue weighted by atomic mass is 16.2. The van der Waals surface area contributed by atoms with E-state index in [1.165, 1.54) is 4.90 Å². The van der Waals surface area contributed by atoms with Gasteiger partial charge in [-0.1, -0.05) is 36.4 Å². The van der Waals surface area contributed by atoms with E-state index in [2.05, 4.69) is 20.4 Å². The Bertz CT molecular complexity index is 1250. The maximum Gasteiger partial charge on any atom is 0.251 e. The number of nitrogens with one attached hydrogen (secondary N) is 1. The number of hydrogen-bond donors (Lipinski definition) is 1. The molecule has 8 nitrogen and oxygen atoms in total. The molecule has 0 radical (unpaired) electrons. The Morgan fingerprint density at radius 3 is 2.00 bits per heavy atom. The standard InChI is InChI=1S/C28H27N5O3/c34-26-19-25(32-17-15-21(16-18-32)29-27(35)20-7-3-1-4-8-20)28(36)33(26)24-13-11-23(12-14-24)31-30-22-9-5-2-6-10-22/h1-14,21,25H,15-19H2,(H,29,35). The molecule has 1 N–H and O–H groups in total. The van der Waals surface area contributed by atoms with Crippen molar-refractivity contribution in [1.82, 2.24) is 10.2 Å². The van der Waals surface area contributed by atoms with Crippen molar-refractivity contribution >= 4 is 34.8 Å². The molecular formula is C28H27N5O3. The first-order chi connectivity index (χ1) is 17.6. The van der Waals surface area contributed by atoms with Gasteiger partial charge in [0.05, 0.1) is 29.5 Å². The summed E-state index contributed by atoms with van der Waals surface area (Å²) in [5, 5.41) is 11.5. The SMILES string of the molecule is O=C(NC1CCN(C2CC(=O)N(c3ccc(N=Nc4ccccc4)cc3)C2=O)CC1)c1ccccc1. The maximum absolute atomic E-state index is 13.2. The molecule has 0 saturated carbocycles. The van der Waals surface area contributed by atoms with Crippen LogP contribution in [0, 0.1) is 0 Å². The van der Waals surface area contributed by atoms with Crippen LogP contribution < -0.4 is 10.2 Å². The van der Waals surface area contributed by atoms with Crippen molar-refractivity contribution in [2.45, 2.75) is 31.3 Å². The predicted molar refractivity (Wildman–Crippen MR) is 136 cm³/mol. The number of azo groups is 1. The van der Waals surface area contributed by atoms with Gasteiger partial charge in [0.25, 0.3) is 11.8 Å². The molecule has 3 aromatic rings. The second-order valence-electron chi connectivity index (χ2n) is 8.99. The highest BCUT2D eigenvalue weighted by molar-refractivity contribution is 6.22. The average Bonchev–Trinajstić information content (AvgIpc) is 3.22. The Hall–Kier alpha value is -4.17. The van der Waals surface area contributed by atoms with Gasteiger partial charge in [-0.05, 0) is 61.4 Å². The lowest BCUT2D eigenvalue weighted by molar-refractivity contribution is -0.123. The third kappa shape index (κ3) is 5.23. The van der Waals surface area contributed by atoms with Gasteiger partial charge in [-0.25, -0.2) is 4.90 Å². The lowest BCUT2D eigenvalue weighted by Crippen LogP contribution is -2.50. The Kier molecular flexibility index (Phi) is 6.95. The van der Waals surface area contributed by atoms with Crippen molar-refractivity contribution in [2.75, 3.05) is 18.0 Å². The topological polar surface area (TPSA) is 94.4 Å². The Labute approximate surface area is 209 Å². The highest BCUT2D eigenvalue weighted by Crippen LogP contribution is 2.29. The van der Waals surface area contributed by atoms with Crippen LogP contribution in [0.5, 0.6) is 0 Å². The zero-order valence-corrected chi connectivity index (χ0v) is 19.8. The summed E-state index contributed by atoms with van der Waals surface area (Å²) in [4.78, 5) is 41.8. The average molecular weight is 482 g/mol. The zero-order valence-electron chi connectivity index (χ0n) is 19.8. The summed E-state index contributed by atoms with van der Waals surface area (Å²) < 4.78 is 0. The maximum atomic E-state index is 13.2. The molecule has 1 unspecified atom stereocenters. The number of carbonyl (C=O) groups excluding carboxylic acids is 3. The summed E-state index contributed by atoms with van der Waals surface area (Å²) in [7, 11) is 0. The molecule has 0 aromatic heterocycles. The van der Waals surface area contributed by atoms with E-state index in [0.717, 1.165) is 18.5 Å². The van der Waals surface area contributed by atoms with Gasteiger partial charge in [0.2, 0.25) is 5.91 Å². The molecule has 182 valence electrons. The minimum Gasteiger partial charge on any atom is -0.349 e. The first kappa shape index (κ1) is 23.6. The molecule has 8 heteroatoms. The minimum atomic E-state index is -0.472. The second-order valence-corrected chi connectivity index (χ2v) is 8.99. The van der Waals surface area contributed by atoms with E-state index in [0.29, 0.717) is 30.0 Å². The summed E-state index contributed by atoms with van der Waals surface area (Å²) in [5.41, 5.74) is 2.56. The van der Waals surface area contributed by atoms with Crippen LogP contribution in [0.15, 0.2) is 95.2 Å². The van der Waals surface area contributed by atoms with Crippen molar-refractivity contribution in [3.63, 3.8) is 0 Å². The predicted octanol–water partition coefficient (Wildman–Crippen LogP) is 4.63. The molecule has 2 aliphatic rings. The van der Waals surface area contributed by atoms with Gasteiger partial charge in [-0.15, -0.1) is 0 Å². The molecule has 5 rings (SSSR count). The highest BCUT2D eigenvalue weighted by Gasteiger charge is 2.43. The minimum absolute atomic E-state index is 0.0508.